The predicted molar refractivity (Wildman–Crippen MR) is 107 cm³/mol. The minimum absolute atomic E-state index is 0.0295. The lowest BCUT2D eigenvalue weighted by Crippen LogP contribution is -2.30. The normalized spacial score (nSPS) is 18.1. The molecular weight excluding hydrogens is 392 g/mol. The minimum Gasteiger partial charge on any atom is -0.335 e. The van der Waals surface area contributed by atoms with E-state index in [1.165, 1.54) is 0 Å². The molecule has 1 heterocycles. The largest absolute Gasteiger partial charge is 0.335 e. The maximum Gasteiger partial charge on any atom is 0.229 e. The van der Waals surface area contributed by atoms with Gasteiger partial charge in [-0.15, -0.1) is 0 Å². The fourth-order valence-electron chi connectivity index (χ4n) is 3.35. The molecule has 1 saturated heterocycles. The summed E-state index contributed by atoms with van der Waals surface area (Å²) in [4.78, 5) is 27.0. The van der Waals surface area contributed by atoms with Gasteiger partial charge in [0, 0.05) is 23.1 Å². The zero-order valence-electron chi connectivity index (χ0n) is 15.3. The van der Waals surface area contributed by atoms with E-state index in [-0.39, 0.29) is 30.2 Å². The Morgan fingerprint density at radius 2 is 1.85 bits per heavy atom. The van der Waals surface area contributed by atoms with Crippen molar-refractivity contribution >= 4 is 33.4 Å². The van der Waals surface area contributed by atoms with Crippen molar-refractivity contribution in [1.29, 1.82) is 0 Å². The predicted octanol–water partition coefficient (Wildman–Crippen LogP) is 4.61. The molecule has 3 rings (SSSR count). The van der Waals surface area contributed by atoms with Gasteiger partial charge in [-0.05, 0) is 49.6 Å². The van der Waals surface area contributed by atoms with Crippen LogP contribution < -0.4 is 5.32 Å². The molecule has 2 amide bonds. The van der Waals surface area contributed by atoms with Crippen molar-refractivity contribution in [2.45, 2.75) is 33.2 Å². The summed E-state index contributed by atoms with van der Waals surface area (Å²) in [5, 5.41) is 3.00. The van der Waals surface area contributed by atoms with Crippen molar-refractivity contribution in [2.24, 2.45) is 5.92 Å². The van der Waals surface area contributed by atoms with Gasteiger partial charge < -0.3 is 10.2 Å². The van der Waals surface area contributed by atoms with Gasteiger partial charge in [0.05, 0.1) is 12.0 Å². The lowest BCUT2D eigenvalue weighted by molar-refractivity contribution is -0.129. The highest BCUT2D eigenvalue weighted by atomic mass is 79.9. The van der Waals surface area contributed by atoms with Gasteiger partial charge >= 0.3 is 0 Å². The minimum atomic E-state index is -0.322. The highest BCUT2D eigenvalue weighted by molar-refractivity contribution is 9.10. The number of benzene rings is 2. The van der Waals surface area contributed by atoms with E-state index in [4.69, 9.17) is 0 Å². The van der Waals surface area contributed by atoms with Crippen LogP contribution in [-0.4, -0.2) is 23.3 Å². The molecule has 1 N–H and O–H groups in total. The maximum atomic E-state index is 12.7. The number of hydrogen-bond acceptors (Lipinski definition) is 2. The topological polar surface area (TPSA) is 49.4 Å². The standard InChI is InChI=1S/C21H23BrN2O2/c1-13-14(2)19(10-9-18(13)22)23-21(26)17-11-20(25)24(12-17)15(3)16-7-5-4-6-8-16/h4-10,15,17H,11-12H2,1-3H3,(H,23,26). The summed E-state index contributed by atoms with van der Waals surface area (Å²) in [5.74, 6) is -0.381. The molecule has 0 saturated carbocycles. The number of nitrogens with zero attached hydrogens (tertiary/aromatic N) is 1. The van der Waals surface area contributed by atoms with Crippen LogP contribution in [0.5, 0.6) is 0 Å². The van der Waals surface area contributed by atoms with E-state index >= 15 is 0 Å². The van der Waals surface area contributed by atoms with Crippen molar-refractivity contribution in [3.8, 4) is 0 Å². The van der Waals surface area contributed by atoms with Crippen molar-refractivity contribution in [1.82, 2.24) is 4.90 Å². The number of nitrogens with one attached hydrogen (secondary N) is 1. The van der Waals surface area contributed by atoms with Crippen molar-refractivity contribution in [3.05, 3.63) is 63.6 Å². The highest BCUT2D eigenvalue weighted by Crippen LogP contribution is 2.30. The third-order valence-corrected chi connectivity index (χ3v) is 6.12. The average molecular weight is 415 g/mol. The molecule has 2 aromatic rings. The highest BCUT2D eigenvalue weighted by Gasteiger charge is 2.37. The van der Waals surface area contributed by atoms with Crippen LogP contribution >= 0.6 is 15.9 Å². The third kappa shape index (κ3) is 3.68. The Kier molecular flexibility index (Phi) is 5.47. The molecule has 4 nitrogen and oxygen atoms in total. The quantitative estimate of drug-likeness (QED) is 0.793. The van der Waals surface area contributed by atoms with Crippen LogP contribution in [-0.2, 0) is 9.59 Å². The van der Waals surface area contributed by atoms with Gasteiger partial charge in [0.15, 0.2) is 0 Å². The molecular formula is C21H23BrN2O2. The summed E-state index contributed by atoms with van der Waals surface area (Å²) in [6, 6.07) is 13.7. The van der Waals surface area contributed by atoms with Gasteiger partial charge in [0.25, 0.3) is 0 Å². The molecule has 26 heavy (non-hydrogen) atoms. The molecule has 0 spiro atoms. The van der Waals surface area contributed by atoms with Gasteiger partial charge in [-0.1, -0.05) is 46.3 Å². The molecule has 0 aliphatic carbocycles. The summed E-state index contributed by atoms with van der Waals surface area (Å²) >= 11 is 3.50. The first-order chi connectivity index (χ1) is 12.4. The second kappa shape index (κ2) is 7.62. The smallest absolute Gasteiger partial charge is 0.229 e. The number of anilines is 1. The Morgan fingerprint density at radius 1 is 1.15 bits per heavy atom. The first-order valence-electron chi connectivity index (χ1n) is 8.79. The third-order valence-electron chi connectivity index (χ3n) is 5.26. The number of halogens is 1. The average Bonchev–Trinajstić information content (AvgIpc) is 3.04. The fourth-order valence-corrected chi connectivity index (χ4v) is 3.78. The van der Waals surface area contributed by atoms with E-state index in [9.17, 15) is 9.59 Å². The van der Waals surface area contributed by atoms with Crippen molar-refractivity contribution in [3.63, 3.8) is 0 Å². The van der Waals surface area contributed by atoms with Crippen LogP contribution in [0.25, 0.3) is 0 Å². The molecule has 0 bridgehead atoms. The maximum absolute atomic E-state index is 12.7. The van der Waals surface area contributed by atoms with Crippen molar-refractivity contribution < 1.29 is 9.59 Å². The Bertz CT molecular complexity index is 835. The number of amides is 2. The summed E-state index contributed by atoms with van der Waals surface area (Å²) in [7, 11) is 0. The summed E-state index contributed by atoms with van der Waals surface area (Å²) < 4.78 is 1.02. The molecule has 136 valence electrons. The van der Waals surface area contributed by atoms with Crippen LogP contribution in [0.2, 0.25) is 0 Å². The molecule has 1 fully saturated rings. The SMILES string of the molecule is Cc1c(Br)ccc(NC(=O)C2CC(=O)N(C(C)c3ccccc3)C2)c1C. The van der Waals surface area contributed by atoms with Crippen molar-refractivity contribution in [2.75, 3.05) is 11.9 Å². The fraction of sp³-hybridized carbons (Fsp3) is 0.333. The molecule has 2 atom stereocenters. The van der Waals surface area contributed by atoms with Gasteiger partial charge in [-0.3, -0.25) is 9.59 Å². The molecule has 2 aromatic carbocycles. The molecule has 1 aliphatic rings. The lowest BCUT2D eigenvalue weighted by Gasteiger charge is -2.25. The number of carbonyl (C=O) groups is 2. The number of likely N-dealkylation sites (tertiary alicyclic amines) is 1. The molecule has 1 aliphatic heterocycles. The Labute approximate surface area is 162 Å². The van der Waals surface area contributed by atoms with E-state index in [2.05, 4.69) is 21.2 Å². The van der Waals surface area contributed by atoms with E-state index in [1.807, 2.05) is 63.2 Å². The van der Waals surface area contributed by atoms with Gasteiger partial charge in [0.2, 0.25) is 11.8 Å². The monoisotopic (exact) mass is 414 g/mol. The first kappa shape index (κ1) is 18.6. The Hall–Kier alpha value is -2.14. The molecule has 0 radical (unpaired) electrons. The lowest BCUT2D eigenvalue weighted by atomic mass is 10.1. The summed E-state index contributed by atoms with van der Waals surface area (Å²) in [6.45, 7) is 6.46. The van der Waals surface area contributed by atoms with Crippen LogP contribution in [0.3, 0.4) is 0 Å². The van der Waals surface area contributed by atoms with Crippen LogP contribution in [0.4, 0.5) is 5.69 Å². The zero-order valence-corrected chi connectivity index (χ0v) is 16.8. The van der Waals surface area contributed by atoms with E-state index < -0.39 is 0 Å². The van der Waals surface area contributed by atoms with E-state index in [1.54, 1.807) is 4.90 Å². The number of hydrogen-bond donors (Lipinski definition) is 1. The Morgan fingerprint density at radius 3 is 2.54 bits per heavy atom. The van der Waals surface area contributed by atoms with E-state index in [0.717, 1.165) is 26.9 Å². The second-order valence-electron chi connectivity index (χ2n) is 6.87. The van der Waals surface area contributed by atoms with Crippen LogP contribution in [0, 0.1) is 19.8 Å². The number of carbonyl (C=O) groups excluding carboxylic acids is 2. The van der Waals surface area contributed by atoms with Crippen LogP contribution in [0.15, 0.2) is 46.9 Å². The molecule has 5 heteroatoms. The van der Waals surface area contributed by atoms with E-state index in [0.29, 0.717) is 6.54 Å². The first-order valence-corrected chi connectivity index (χ1v) is 9.58. The Balaban J connectivity index is 1.70. The zero-order chi connectivity index (χ0) is 18.8. The van der Waals surface area contributed by atoms with Gasteiger partial charge in [0.1, 0.15) is 0 Å². The molecule has 0 aromatic heterocycles. The van der Waals surface area contributed by atoms with Crippen LogP contribution in [0.1, 0.15) is 36.1 Å². The van der Waals surface area contributed by atoms with Gasteiger partial charge in [-0.2, -0.15) is 0 Å². The summed E-state index contributed by atoms with van der Waals surface area (Å²) in [6.07, 6.45) is 0.261. The van der Waals surface area contributed by atoms with Gasteiger partial charge in [-0.25, -0.2) is 0 Å². The molecule has 2 unspecified atom stereocenters. The summed E-state index contributed by atoms with van der Waals surface area (Å²) in [5.41, 5.74) is 4.02. The number of rotatable bonds is 4. The second-order valence-corrected chi connectivity index (χ2v) is 7.72.